The second-order valence-electron chi connectivity index (χ2n) is 5.28. The first-order valence-corrected chi connectivity index (χ1v) is 7.83. The third-order valence-electron chi connectivity index (χ3n) is 3.77. The van der Waals surface area contributed by atoms with E-state index in [1.54, 1.807) is 6.20 Å². The van der Waals surface area contributed by atoms with Crippen LogP contribution in [-0.4, -0.2) is 32.0 Å². The van der Waals surface area contributed by atoms with E-state index in [4.69, 9.17) is 11.6 Å². The van der Waals surface area contributed by atoms with Crippen molar-refractivity contribution in [2.45, 2.75) is 47.2 Å². The van der Waals surface area contributed by atoms with Crippen LogP contribution < -0.4 is 5.32 Å². The Morgan fingerprint density at radius 3 is 2.55 bits per heavy atom. The fourth-order valence-electron chi connectivity index (χ4n) is 2.41. The Kier molecular flexibility index (Phi) is 5.24. The third-order valence-corrected chi connectivity index (χ3v) is 4.32. The first-order chi connectivity index (χ1) is 10.5. The van der Waals surface area contributed by atoms with E-state index in [1.807, 2.05) is 37.1 Å². The van der Waals surface area contributed by atoms with Crippen molar-refractivity contribution in [2.24, 2.45) is 0 Å². The SMILES string of the molecule is CCn1ncc(C(=O)NCCCn2nc(C)c(Cl)c2C)c1C. The zero-order valence-corrected chi connectivity index (χ0v) is 14.2. The number of hydrogen-bond acceptors (Lipinski definition) is 3. The van der Waals surface area contributed by atoms with E-state index in [9.17, 15) is 4.79 Å². The molecule has 0 aliphatic heterocycles. The summed E-state index contributed by atoms with van der Waals surface area (Å²) in [5, 5.41) is 12.2. The van der Waals surface area contributed by atoms with E-state index in [0.717, 1.165) is 36.6 Å². The Labute approximate surface area is 135 Å². The molecule has 0 unspecified atom stereocenters. The zero-order chi connectivity index (χ0) is 16.3. The van der Waals surface area contributed by atoms with Crippen molar-refractivity contribution in [3.05, 3.63) is 33.9 Å². The van der Waals surface area contributed by atoms with Crippen LogP contribution in [0, 0.1) is 20.8 Å². The van der Waals surface area contributed by atoms with Gasteiger partial charge in [-0.15, -0.1) is 0 Å². The molecule has 0 radical (unpaired) electrons. The number of nitrogens with zero attached hydrogens (tertiary/aromatic N) is 4. The quantitative estimate of drug-likeness (QED) is 0.831. The molecule has 1 N–H and O–H groups in total. The molecular weight excluding hydrogens is 302 g/mol. The van der Waals surface area contributed by atoms with Gasteiger partial charge in [0.25, 0.3) is 5.91 Å². The van der Waals surface area contributed by atoms with E-state index in [1.165, 1.54) is 0 Å². The van der Waals surface area contributed by atoms with Gasteiger partial charge in [0.05, 0.1) is 28.2 Å². The number of aryl methyl sites for hydroxylation is 3. The molecule has 0 spiro atoms. The highest BCUT2D eigenvalue weighted by atomic mass is 35.5. The third kappa shape index (κ3) is 3.32. The maximum absolute atomic E-state index is 12.1. The average molecular weight is 324 g/mol. The van der Waals surface area contributed by atoms with Crippen LogP contribution in [0.15, 0.2) is 6.20 Å². The summed E-state index contributed by atoms with van der Waals surface area (Å²) in [5.74, 6) is -0.0800. The van der Waals surface area contributed by atoms with Crippen molar-refractivity contribution in [1.82, 2.24) is 24.9 Å². The van der Waals surface area contributed by atoms with Crippen molar-refractivity contribution >= 4 is 17.5 Å². The molecule has 2 heterocycles. The molecule has 0 aliphatic carbocycles. The molecule has 0 saturated heterocycles. The highest BCUT2D eigenvalue weighted by Gasteiger charge is 2.13. The summed E-state index contributed by atoms with van der Waals surface area (Å²) >= 11 is 6.11. The molecule has 2 aromatic heterocycles. The van der Waals surface area contributed by atoms with Crippen LogP contribution in [0.25, 0.3) is 0 Å². The summed E-state index contributed by atoms with van der Waals surface area (Å²) in [6.45, 7) is 9.83. The van der Waals surface area contributed by atoms with Crippen LogP contribution in [0.5, 0.6) is 0 Å². The number of carbonyl (C=O) groups is 1. The van der Waals surface area contributed by atoms with Crippen molar-refractivity contribution in [2.75, 3.05) is 6.54 Å². The Balaban J connectivity index is 1.84. The van der Waals surface area contributed by atoms with Gasteiger partial charge in [-0.3, -0.25) is 14.2 Å². The van der Waals surface area contributed by atoms with Crippen LogP contribution >= 0.6 is 11.6 Å². The van der Waals surface area contributed by atoms with Crippen molar-refractivity contribution in [3.63, 3.8) is 0 Å². The average Bonchev–Trinajstić information content (AvgIpc) is 2.99. The monoisotopic (exact) mass is 323 g/mol. The van der Waals surface area contributed by atoms with Gasteiger partial charge in [0.1, 0.15) is 0 Å². The molecule has 7 heteroatoms. The topological polar surface area (TPSA) is 64.7 Å². The number of amides is 1. The lowest BCUT2D eigenvalue weighted by atomic mass is 10.2. The Morgan fingerprint density at radius 2 is 2.00 bits per heavy atom. The molecule has 22 heavy (non-hydrogen) atoms. The van der Waals surface area contributed by atoms with Gasteiger partial charge in [0.2, 0.25) is 0 Å². The number of halogens is 1. The molecule has 2 rings (SSSR count). The van der Waals surface area contributed by atoms with Gasteiger partial charge in [0.15, 0.2) is 0 Å². The molecule has 0 atom stereocenters. The molecule has 0 saturated carbocycles. The Hall–Kier alpha value is -1.82. The first-order valence-electron chi connectivity index (χ1n) is 7.45. The summed E-state index contributed by atoms with van der Waals surface area (Å²) in [6, 6.07) is 0. The van der Waals surface area contributed by atoms with Gasteiger partial charge in [-0.2, -0.15) is 10.2 Å². The number of nitrogens with one attached hydrogen (secondary N) is 1. The molecule has 1 amide bonds. The second-order valence-corrected chi connectivity index (χ2v) is 5.65. The fourth-order valence-corrected chi connectivity index (χ4v) is 2.54. The number of rotatable bonds is 6. The summed E-state index contributed by atoms with van der Waals surface area (Å²) in [4.78, 5) is 12.1. The number of carbonyl (C=O) groups excluding carboxylic acids is 1. The normalized spacial score (nSPS) is 11.0. The minimum atomic E-state index is -0.0800. The fraction of sp³-hybridized carbons (Fsp3) is 0.533. The predicted octanol–water partition coefficient (Wildman–Crippen LogP) is 2.50. The maximum atomic E-state index is 12.1. The van der Waals surface area contributed by atoms with Gasteiger partial charge in [-0.1, -0.05) is 11.6 Å². The summed E-state index contributed by atoms with van der Waals surface area (Å²) in [7, 11) is 0. The molecule has 0 aliphatic rings. The van der Waals surface area contributed by atoms with Crippen LogP contribution in [0.4, 0.5) is 0 Å². The lowest BCUT2D eigenvalue weighted by molar-refractivity contribution is 0.0952. The van der Waals surface area contributed by atoms with Gasteiger partial charge < -0.3 is 5.32 Å². The molecule has 0 aromatic carbocycles. The van der Waals surface area contributed by atoms with Crippen molar-refractivity contribution in [3.8, 4) is 0 Å². The molecule has 0 fully saturated rings. The van der Waals surface area contributed by atoms with Gasteiger partial charge in [0, 0.05) is 25.3 Å². The lowest BCUT2D eigenvalue weighted by Gasteiger charge is -2.07. The number of aromatic nitrogens is 4. The van der Waals surface area contributed by atoms with E-state index in [2.05, 4.69) is 15.5 Å². The van der Waals surface area contributed by atoms with Crippen molar-refractivity contribution < 1.29 is 4.79 Å². The Morgan fingerprint density at radius 1 is 1.27 bits per heavy atom. The maximum Gasteiger partial charge on any atom is 0.254 e. The van der Waals surface area contributed by atoms with E-state index in [0.29, 0.717) is 17.1 Å². The minimum absolute atomic E-state index is 0.0800. The standard InChI is InChI=1S/C15H22ClN5O/c1-5-20-11(3)13(9-18-20)15(22)17-7-6-8-21-12(4)14(16)10(2)19-21/h9H,5-8H2,1-4H3,(H,17,22). The first kappa shape index (κ1) is 16.5. The van der Waals surface area contributed by atoms with Crippen LogP contribution in [0.2, 0.25) is 5.02 Å². The predicted molar refractivity (Wildman–Crippen MR) is 86.3 cm³/mol. The highest BCUT2D eigenvalue weighted by molar-refractivity contribution is 6.31. The summed E-state index contributed by atoms with van der Waals surface area (Å²) in [5.41, 5.74) is 3.33. The van der Waals surface area contributed by atoms with Gasteiger partial charge in [-0.05, 0) is 34.1 Å². The van der Waals surface area contributed by atoms with E-state index >= 15 is 0 Å². The van der Waals surface area contributed by atoms with E-state index in [-0.39, 0.29) is 5.91 Å². The van der Waals surface area contributed by atoms with Crippen LogP contribution in [0.3, 0.4) is 0 Å². The molecule has 2 aromatic rings. The van der Waals surface area contributed by atoms with Gasteiger partial charge in [-0.25, -0.2) is 0 Å². The minimum Gasteiger partial charge on any atom is -0.352 e. The second kappa shape index (κ2) is 6.96. The van der Waals surface area contributed by atoms with E-state index < -0.39 is 0 Å². The molecular formula is C15H22ClN5O. The van der Waals surface area contributed by atoms with Crippen LogP contribution in [0.1, 0.15) is 40.8 Å². The van der Waals surface area contributed by atoms with Gasteiger partial charge >= 0.3 is 0 Å². The largest absolute Gasteiger partial charge is 0.352 e. The zero-order valence-electron chi connectivity index (χ0n) is 13.5. The smallest absolute Gasteiger partial charge is 0.254 e. The highest BCUT2D eigenvalue weighted by Crippen LogP contribution is 2.18. The summed E-state index contributed by atoms with van der Waals surface area (Å²) in [6.07, 6.45) is 2.42. The lowest BCUT2D eigenvalue weighted by Crippen LogP contribution is -2.26. The van der Waals surface area contributed by atoms with Crippen molar-refractivity contribution in [1.29, 1.82) is 0 Å². The molecule has 6 nitrogen and oxygen atoms in total. The molecule has 0 bridgehead atoms. The summed E-state index contributed by atoms with van der Waals surface area (Å²) < 4.78 is 3.69. The van der Waals surface area contributed by atoms with Crippen LogP contribution in [-0.2, 0) is 13.1 Å². The Bertz CT molecular complexity index is 674. The number of hydrogen-bond donors (Lipinski definition) is 1. The molecule has 120 valence electrons.